The highest BCUT2D eigenvalue weighted by Crippen LogP contribution is 2.32. The number of methoxy groups -OCH3 is 1. The molecule has 0 spiro atoms. The molecule has 2 aromatic rings. The van der Waals surface area contributed by atoms with Crippen LogP contribution >= 0.6 is 0 Å². The molecule has 2 aromatic carbocycles. The van der Waals surface area contributed by atoms with E-state index >= 15 is 0 Å². The van der Waals surface area contributed by atoms with Gasteiger partial charge in [-0.25, -0.2) is 10.2 Å². The Morgan fingerprint density at radius 2 is 1.76 bits per heavy atom. The van der Waals surface area contributed by atoms with Gasteiger partial charge in [-0.1, -0.05) is 30.3 Å². The first-order valence-electron chi connectivity index (χ1n) is 8.25. The van der Waals surface area contributed by atoms with Crippen molar-refractivity contribution in [3.63, 3.8) is 0 Å². The molecule has 25 heavy (non-hydrogen) atoms. The van der Waals surface area contributed by atoms with E-state index in [-0.39, 0.29) is 18.0 Å². The zero-order valence-electron chi connectivity index (χ0n) is 14.1. The van der Waals surface area contributed by atoms with Crippen LogP contribution in [0.3, 0.4) is 0 Å². The van der Waals surface area contributed by atoms with Crippen LogP contribution in [0.25, 0.3) is 0 Å². The number of urea groups is 1. The second-order valence-electron chi connectivity index (χ2n) is 5.87. The fraction of sp³-hybridized carbons (Fsp3) is 0.263. The van der Waals surface area contributed by atoms with Gasteiger partial charge >= 0.3 is 6.03 Å². The topological polar surface area (TPSA) is 70.7 Å². The van der Waals surface area contributed by atoms with E-state index in [1.54, 1.807) is 36.3 Å². The molecule has 1 unspecified atom stereocenters. The van der Waals surface area contributed by atoms with Crippen LogP contribution in [0.15, 0.2) is 54.6 Å². The largest absolute Gasteiger partial charge is 0.497 e. The summed E-state index contributed by atoms with van der Waals surface area (Å²) in [4.78, 5) is 26.2. The predicted octanol–water partition coefficient (Wildman–Crippen LogP) is 2.89. The molecule has 1 aliphatic heterocycles. The van der Waals surface area contributed by atoms with Crippen molar-refractivity contribution in [2.24, 2.45) is 0 Å². The number of benzene rings is 2. The first kappa shape index (κ1) is 16.8. The highest BCUT2D eigenvalue weighted by molar-refractivity contribution is 5.95. The number of likely N-dealkylation sites (tertiary alicyclic amines) is 1. The third-order valence-corrected chi connectivity index (χ3v) is 4.33. The maximum absolute atomic E-state index is 12.5. The Bertz CT molecular complexity index is 731. The molecular formula is C19H21N3O3. The normalized spacial score (nSPS) is 16.4. The molecule has 0 radical (unpaired) electrons. The van der Waals surface area contributed by atoms with E-state index < -0.39 is 0 Å². The van der Waals surface area contributed by atoms with Crippen LogP contribution in [0.4, 0.5) is 4.79 Å². The number of carbonyl (C=O) groups is 2. The number of amides is 3. The fourth-order valence-electron chi connectivity index (χ4n) is 3.03. The van der Waals surface area contributed by atoms with Gasteiger partial charge in [0.05, 0.1) is 13.2 Å². The number of hydrogen-bond acceptors (Lipinski definition) is 3. The maximum atomic E-state index is 12.5. The lowest BCUT2D eigenvalue weighted by Gasteiger charge is -2.25. The quantitative estimate of drug-likeness (QED) is 0.845. The Labute approximate surface area is 146 Å². The van der Waals surface area contributed by atoms with Gasteiger partial charge in [-0.2, -0.15) is 0 Å². The van der Waals surface area contributed by atoms with E-state index in [9.17, 15) is 9.59 Å². The molecule has 3 amide bonds. The summed E-state index contributed by atoms with van der Waals surface area (Å²) in [7, 11) is 1.62. The zero-order chi connectivity index (χ0) is 17.6. The second kappa shape index (κ2) is 7.70. The van der Waals surface area contributed by atoms with Gasteiger partial charge in [0, 0.05) is 12.1 Å². The summed E-state index contributed by atoms with van der Waals surface area (Å²) in [5.74, 6) is 0.446. The second-order valence-corrected chi connectivity index (χ2v) is 5.87. The van der Waals surface area contributed by atoms with Crippen LogP contribution in [0.1, 0.15) is 34.8 Å². The van der Waals surface area contributed by atoms with Gasteiger partial charge in [0.1, 0.15) is 5.75 Å². The van der Waals surface area contributed by atoms with E-state index in [0.29, 0.717) is 12.1 Å². The SMILES string of the molecule is COc1ccc(C2CCCN2C(=O)NNC(=O)c2ccccc2)cc1. The van der Waals surface area contributed by atoms with E-state index in [2.05, 4.69) is 10.9 Å². The smallest absolute Gasteiger partial charge is 0.336 e. The molecule has 3 rings (SSSR count). The maximum Gasteiger partial charge on any atom is 0.336 e. The Kier molecular flexibility index (Phi) is 5.18. The summed E-state index contributed by atoms with van der Waals surface area (Å²) in [5, 5.41) is 0. The lowest BCUT2D eigenvalue weighted by atomic mass is 10.0. The van der Waals surface area contributed by atoms with Crippen molar-refractivity contribution in [1.82, 2.24) is 15.8 Å². The van der Waals surface area contributed by atoms with Crippen LogP contribution in [0, 0.1) is 0 Å². The van der Waals surface area contributed by atoms with Crippen LogP contribution in [0.5, 0.6) is 5.75 Å². The van der Waals surface area contributed by atoms with Crippen molar-refractivity contribution in [3.05, 3.63) is 65.7 Å². The van der Waals surface area contributed by atoms with Crippen LogP contribution in [-0.2, 0) is 0 Å². The van der Waals surface area contributed by atoms with E-state index in [4.69, 9.17) is 4.74 Å². The van der Waals surface area contributed by atoms with Crippen molar-refractivity contribution in [3.8, 4) is 5.75 Å². The first-order chi connectivity index (χ1) is 12.2. The van der Waals surface area contributed by atoms with Crippen LogP contribution in [0.2, 0.25) is 0 Å². The van der Waals surface area contributed by atoms with Crippen molar-refractivity contribution in [2.45, 2.75) is 18.9 Å². The number of ether oxygens (including phenoxy) is 1. The predicted molar refractivity (Wildman–Crippen MR) is 94.1 cm³/mol. The monoisotopic (exact) mass is 339 g/mol. The van der Waals surface area contributed by atoms with E-state index in [1.807, 2.05) is 30.3 Å². The number of nitrogens with zero attached hydrogens (tertiary/aromatic N) is 1. The minimum Gasteiger partial charge on any atom is -0.497 e. The van der Waals surface area contributed by atoms with Gasteiger partial charge in [0.2, 0.25) is 0 Å². The molecule has 0 aromatic heterocycles. The van der Waals surface area contributed by atoms with Gasteiger partial charge in [-0.05, 0) is 42.7 Å². The molecule has 6 nitrogen and oxygen atoms in total. The van der Waals surface area contributed by atoms with Gasteiger partial charge in [0.15, 0.2) is 0 Å². The average molecular weight is 339 g/mol. The molecule has 2 N–H and O–H groups in total. The zero-order valence-corrected chi connectivity index (χ0v) is 14.1. The molecule has 0 aliphatic carbocycles. The summed E-state index contributed by atoms with van der Waals surface area (Å²) in [5.41, 5.74) is 6.53. The Hall–Kier alpha value is -3.02. The molecule has 6 heteroatoms. The number of nitrogens with one attached hydrogen (secondary N) is 2. The molecule has 0 bridgehead atoms. The van der Waals surface area contributed by atoms with Crippen LogP contribution in [-0.4, -0.2) is 30.5 Å². The third kappa shape index (κ3) is 3.91. The molecular weight excluding hydrogens is 318 g/mol. The highest BCUT2D eigenvalue weighted by Gasteiger charge is 2.30. The van der Waals surface area contributed by atoms with Gasteiger partial charge < -0.3 is 9.64 Å². The van der Waals surface area contributed by atoms with Crippen LogP contribution < -0.4 is 15.6 Å². The number of rotatable bonds is 3. The first-order valence-corrected chi connectivity index (χ1v) is 8.25. The van der Waals surface area contributed by atoms with Crippen molar-refractivity contribution >= 4 is 11.9 Å². The molecule has 1 atom stereocenters. The fourth-order valence-corrected chi connectivity index (χ4v) is 3.03. The number of hydrogen-bond donors (Lipinski definition) is 2. The number of carbonyl (C=O) groups excluding carboxylic acids is 2. The summed E-state index contributed by atoms with van der Waals surface area (Å²) in [6.07, 6.45) is 1.82. The van der Waals surface area contributed by atoms with Gasteiger partial charge in [0.25, 0.3) is 5.91 Å². The standard InChI is InChI=1S/C19H21N3O3/c1-25-16-11-9-14(10-12-16)17-8-5-13-22(17)19(24)21-20-18(23)15-6-3-2-4-7-15/h2-4,6-7,9-12,17H,5,8,13H2,1H3,(H,20,23)(H,21,24). The molecule has 0 saturated carbocycles. The molecule has 1 aliphatic rings. The Morgan fingerprint density at radius 1 is 1.04 bits per heavy atom. The average Bonchev–Trinajstić information content (AvgIpc) is 3.16. The van der Waals surface area contributed by atoms with Crippen molar-refractivity contribution in [2.75, 3.05) is 13.7 Å². The minimum absolute atomic E-state index is 0.000432. The van der Waals surface area contributed by atoms with E-state index in [1.165, 1.54) is 0 Å². The van der Waals surface area contributed by atoms with Gasteiger partial charge in [-0.15, -0.1) is 0 Å². The van der Waals surface area contributed by atoms with E-state index in [0.717, 1.165) is 24.2 Å². The summed E-state index contributed by atoms with van der Waals surface area (Å²) >= 11 is 0. The number of hydrazine groups is 1. The minimum atomic E-state index is -0.339. The summed E-state index contributed by atoms with van der Waals surface area (Å²) in [6.45, 7) is 0.656. The summed E-state index contributed by atoms with van der Waals surface area (Å²) in [6, 6.07) is 16.2. The summed E-state index contributed by atoms with van der Waals surface area (Å²) < 4.78 is 5.17. The Balaban J connectivity index is 1.61. The molecule has 1 fully saturated rings. The molecule has 130 valence electrons. The Morgan fingerprint density at radius 3 is 2.44 bits per heavy atom. The van der Waals surface area contributed by atoms with Crippen molar-refractivity contribution in [1.29, 1.82) is 0 Å². The highest BCUT2D eigenvalue weighted by atomic mass is 16.5. The lowest BCUT2D eigenvalue weighted by molar-refractivity contribution is 0.0929. The third-order valence-electron chi connectivity index (χ3n) is 4.33. The lowest BCUT2D eigenvalue weighted by Crippen LogP contribution is -2.48. The van der Waals surface area contributed by atoms with Crippen molar-refractivity contribution < 1.29 is 14.3 Å². The molecule has 1 heterocycles. The molecule has 1 saturated heterocycles. The van der Waals surface area contributed by atoms with Gasteiger partial charge in [-0.3, -0.25) is 10.2 Å².